The van der Waals surface area contributed by atoms with Gasteiger partial charge in [0.15, 0.2) is 0 Å². The molecule has 1 saturated heterocycles. The van der Waals surface area contributed by atoms with Crippen molar-refractivity contribution in [3.8, 4) is 10.6 Å². The van der Waals surface area contributed by atoms with Gasteiger partial charge in [-0.15, -0.1) is 11.3 Å². The quantitative estimate of drug-likeness (QED) is 0.676. The van der Waals surface area contributed by atoms with Crippen LogP contribution in [0.3, 0.4) is 0 Å². The highest BCUT2D eigenvalue weighted by molar-refractivity contribution is 7.17. The van der Waals surface area contributed by atoms with Crippen LogP contribution in [0.5, 0.6) is 0 Å². The van der Waals surface area contributed by atoms with Gasteiger partial charge in [0, 0.05) is 31.7 Å². The van der Waals surface area contributed by atoms with Gasteiger partial charge in [0.25, 0.3) is 5.91 Å². The third kappa shape index (κ3) is 5.09. The summed E-state index contributed by atoms with van der Waals surface area (Å²) in [6.45, 7) is 5.70. The summed E-state index contributed by atoms with van der Waals surface area (Å²) in [6.07, 6.45) is -0.00164. The Labute approximate surface area is 175 Å². The molecule has 1 aromatic heterocycles. The van der Waals surface area contributed by atoms with Gasteiger partial charge in [0.1, 0.15) is 9.88 Å². The first-order valence-electron chi connectivity index (χ1n) is 9.88. The van der Waals surface area contributed by atoms with Gasteiger partial charge >= 0.3 is 0 Å². The number of carbonyl (C=O) groups is 1. The maximum absolute atomic E-state index is 12.7. The summed E-state index contributed by atoms with van der Waals surface area (Å²) in [5.74, 6) is -0.0778. The summed E-state index contributed by atoms with van der Waals surface area (Å²) in [7, 11) is 0. The number of nitrogens with one attached hydrogen (secondary N) is 1. The van der Waals surface area contributed by atoms with Gasteiger partial charge in [-0.05, 0) is 12.5 Å². The minimum Gasteiger partial charge on any atom is -0.374 e. The molecule has 0 unspecified atom stereocenters. The van der Waals surface area contributed by atoms with E-state index in [0.29, 0.717) is 18.0 Å². The SMILES string of the molecule is Cc1nc(-c2ccccc2)sc1C(=O)NC[C@@H]1CN(Cc2ccccc2)CCO1. The largest absolute Gasteiger partial charge is 0.374 e. The Morgan fingerprint density at radius 1 is 1.17 bits per heavy atom. The molecule has 0 aliphatic carbocycles. The van der Waals surface area contributed by atoms with Crippen molar-refractivity contribution in [3.63, 3.8) is 0 Å². The highest BCUT2D eigenvalue weighted by Gasteiger charge is 2.22. The molecule has 6 heteroatoms. The van der Waals surface area contributed by atoms with Crippen LogP contribution in [-0.2, 0) is 11.3 Å². The molecule has 1 atom stereocenters. The van der Waals surface area contributed by atoms with E-state index in [9.17, 15) is 4.79 Å². The third-order valence-corrected chi connectivity index (χ3v) is 6.19. The summed E-state index contributed by atoms with van der Waals surface area (Å²) in [6, 6.07) is 20.4. The summed E-state index contributed by atoms with van der Waals surface area (Å²) in [5.41, 5.74) is 3.10. The fraction of sp³-hybridized carbons (Fsp3) is 0.304. The number of aromatic nitrogens is 1. The molecule has 1 amide bonds. The number of benzene rings is 2. The van der Waals surface area contributed by atoms with Crippen molar-refractivity contribution in [2.75, 3.05) is 26.2 Å². The fourth-order valence-electron chi connectivity index (χ4n) is 3.49. The lowest BCUT2D eigenvalue weighted by Crippen LogP contribution is -2.47. The number of ether oxygens (including phenoxy) is 1. The second-order valence-corrected chi connectivity index (χ2v) is 8.22. The molecule has 1 aliphatic rings. The predicted octanol–water partition coefficient (Wildman–Crippen LogP) is 3.75. The molecule has 0 radical (unpaired) electrons. The van der Waals surface area contributed by atoms with E-state index in [0.717, 1.165) is 35.9 Å². The van der Waals surface area contributed by atoms with Crippen LogP contribution >= 0.6 is 11.3 Å². The van der Waals surface area contributed by atoms with Crippen LogP contribution in [0.1, 0.15) is 20.9 Å². The average molecular weight is 408 g/mol. The lowest BCUT2D eigenvalue weighted by atomic mass is 10.2. The molecule has 1 fully saturated rings. The molecule has 2 heterocycles. The highest BCUT2D eigenvalue weighted by Crippen LogP contribution is 2.27. The number of thiazole rings is 1. The predicted molar refractivity (Wildman–Crippen MR) is 116 cm³/mol. The smallest absolute Gasteiger partial charge is 0.263 e. The molecule has 5 nitrogen and oxygen atoms in total. The normalized spacial score (nSPS) is 17.2. The molecule has 0 spiro atoms. The van der Waals surface area contributed by atoms with Crippen LogP contribution in [0, 0.1) is 6.92 Å². The van der Waals surface area contributed by atoms with Crippen LogP contribution in [0.4, 0.5) is 0 Å². The first-order chi connectivity index (χ1) is 14.2. The minimum absolute atomic E-state index is 0.00164. The van der Waals surface area contributed by atoms with Crippen molar-refractivity contribution in [2.45, 2.75) is 19.6 Å². The Bertz CT molecular complexity index is 943. The number of rotatable bonds is 6. The zero-order valence-electron chi connectivity index (χ0n) is 16.5. The number of carbonyl (C=O) groups excluding carboxylic acids is 1. The summed E-state index contributed by atoms with van der Waals surface area (Å²) < 4.78 is 5.87. The summed E-state index contributed by atoms with van der Waals surface area (Å²) >= 11 is 1.44. The van der Waals surface area contributed by atoms with E-state index in [2.05, 4.69) is 39.5 Å². The van der Waals surface area contributed by atoms with E-state index in [4.69, 9.17) is 4.74 Å². The van der Waals surface area contributed by atoms with Crippen molar-refractivity contribution < 1.29 is 9.53 Å². The molecule has 2 aromatic carbocycles. The Hall–Kier alpha value is -2.54. The maximum Gasteiger partial charge on any atom is 0.263 e. The number of nitrogens with zero attached hydrogens (tertiary/aromatic N) is 2. The Morgan fingerprint density at radius 3 is 2.66 bits per heavy atom. The fourth-order valence-corrected chi connectivity index (χ4v) is 4.48. The monoisotopic (exact) mass is 407 g/mol. The number of hydrogen-bond acceptors (Lipinski definition) is 5. The van der Waals surface area contributed by atoms with E-state index in [1.807, 2.05) is 43.3 Å². The number of morpholine rings is 1. The zero-order chi connectivity index (χ0) is 20.1. The van der Waals surface area contributed by atoms with Gasteiger partial charge in [0.2, 0.25) is 0 Å². The number of hydrogen-bond donors (Lipinski definition) is 1. The second kappa shape index (κ2) is 9.31. The minimum atomic E-state index is -0.0778. The molecule has 29 heavy (non-hydrogen) atoms. The van der Waals surface area contributed by atoms with E-state index < -0.39 is 0 Å². The molecule has 150 valence electrons. The first kappa shape index (κ1) is 19.8. The molecule has 0 bridgehead atoms. The molecular weight excluding hydrogens is 382 g/mol. The van der Waals surface area contributed by atoms with Crippen LogP contribution in [0.25, 0.3) is 10.6 Å². The number of aryl methyl sites for hydroxylation is 1. The van der Waals surface area contributed by atoms with Crippen LogP contribution in [-0.4, -0.2) is 48.1 Å². The van der Waals surface area contributed by atoms with Gasteiger partial charge in [-0.2, -0.15) is 0 Å². The standard InChI is InChI=1S/C23H25N3O2S/c1-17-21(29-23(25-17)19-10-6-3-7-11-19)22(27)24-14-20-16-26(12-13-28-20)15-18-8-4-2-5-9-18/h2-11,20H,12-16H2,1H3,(H,24,27)/t20-/m1/s1. The molecule has 3 aromatic rings. The van der Waals surface area contributed by atoms with E-state index >= 15 is 0 Å². The highest BCUT2D eigenvalue weighted by atomic mass is 32.1. The average Bonchev–Trinajstić information content (AvgIpc) is 3.15. The Balaban J connectivity index is 1.33. The van der Waals surface area contributed by atoms with Gasteiger partial charge in [0.05, 0.1) is 18.4 Å². The van der Waals surface area contributed by atoms with Crippen LogP contribution < -0.4 is 5.32 Å². The first-order valence-corrected chi connectivity index (χ1v) is 10.7. The Kier molecular flexibility index (Phi) is 6.34. The van der Waals surface area contributed by atoms with E-state index in [1.54, 1.807) is 0 Å². The maximum atomic E-state index is 12.7. The lowest BCUT2D eigenvalue weighted by molar-refractivity contribution is -0.0292. The van der Waals surface area contributed by atoms with Crippen LogP contribution in [0.2, 0.25) is 0 Å². The van der Waals surface area contributed by atoms with Crippen molar-refractivity contribution >= 4 is 17.2 Å². The van der Waals surface area contributed by atoms with Crippen LogP contribution in [0.15, 0.2) is 60.7 Å². The molecule has 0 saturated carbocycles. The molecule has 1 aliphatic heterocycles. The Morgan fingerprint density at radius 2 is 1.90 bits per heavy atom. The van der Waals surface area contributed by atoms with Gasteiger partial charge in [-0.25, -0.2) is 4.98 Å². The van der Waals surface area contributed by atoms with Gasteiger partial charge in [-0.1, -0.05) is 60.7 Å². The molecule has 4 rings (SSSR count). The van der Waals surface area contributed by atoms with Gasteiger partial charge < -0.3 is 10.1 Å². The summed E-state index contributed by atoms with van der Waals surface area (Å²) in [4.78, 5) is 20.3. The molecule has 1 N–H and O–H groups in total. The van der Waals surface area contributed by atoms with Crippen molar-refractivity contribution in [1.82, 2.24) is 15.2 Å². The van der Waals surface area contributed by atoms with Crippen molar-refractivity contribution in [1.29, 1.82) is 0 Å². The van der Waals surface area contributed by atoms with E-state index in [1.165, 1.54) is 16.9 Å². The zero-order valence-corrected chi connectivity index (χ0v) is 17.3. The van der Waals surface area contributed by atoms with E-state index in [-0.39, 0.29) is 12.0 Å². The molecular formula is C23H25N3O2S. The van der Waals surface area contributed by atoms with Gasteiger partial charge in [-0.3, -0.25) is 9.69 Å². The number of amides is 1. The lowest BCUT2D eigenvalue weighted by Gasteiger charge is -2.33. The van der Waals surface area contributed by atoms with Crippen molar-refractivity contribution in [3.05, 3.63) is 76.8 Å². The topological polar surface area (TPSA) is 54.5 Å². The second-order valence-electron chi connectivity index (χ2n) is 7.22. The summed E-state index contributed by atoms with van der Waals surface area (Å²) in [5, 5.41) is 3.91. The van der Waals surface area contributed by atoms with Crippen molar-refractivity contribution in [2.24, 2.45) is 0 Å². The third-order valence-electron chi connectivity index (χ3n) is 4.99.